The molecule has 3 aromatic rings. The van der Waals surface area contributed by atoms with Gasteiger partial charge in [-0.05, 0) is 30.2 Å². The largest absolute Gasteiger partial charge is 0.412 e. The van der Waals surface area contributed by atoms with Crippen LogP contribution >= 0.6 is 0 Å². The first-order chi connectivity index (χ1) is 14.0. The van der Waals surface area contributed by atoms with Crippen molar-refractivity contribution in [2.45, 2.75) is 12.8 Å². The van der Waals surface area contributed by atoms with Crippen molar-refractivity contribution in [3.8, 4) is 0 Å². The minimum Gasteiger partial charge on any atom is -0.412 e. The van der Waals surface area contributed by atoms with E-state index in [4.69, 9.17) is 0 Å². The van der Waals surface area contributed by atoms with Crippen molar-refractivity contribution in [1.82, 2.24) is 15.7 Å². The molecule has 30 heavy (non-hydrogen) atoms. The van der Waals surface area contributed by atoms with Gasteiger partial charge >= 0.3 is 0 Å². The molecule has 0 saturated heterocycles. The van der Waals surface area contributed by atoms with E-state index in [0.717, 1.165) is 22.0 Å². The smallest absolute Gasteiger partial charge is 0.269 e. The molecule has 0 aliphatic heterocycles. The van der Waals surface area contributed by atoms with Crippen LogP contribution in [-0.4, -0.2) is 34.1 Å². The molecule has 2 aromatic carbocycles. The second kappa shape index (κ2) is 10.5. The normalized spacial score (nSPS) is 10.5. The highest BCUT2D eigenvalue weighted by atomic mass is 16.6. The zero-order chi connectivity index (χ0) is 20.6. The second-order valence-electron chi connectivity index (χ2n) is 6.40. The van der Waals surface area contributed by atoms with Crippen LogP contribution in [0.4, 0.5) is 5.69 Å². The highest BCUT2D eigenvalue weighted by molar-refractivity contribution is 5.99. The van der Waals surface area contributed by atoms with Crippen molar-refractivity contribution < 1.29 is 15.2 Å². The quantitative estimate of drug-likeness (QED) is 0.216. The number of non-ortho nitro benzene ring substituents is 1. The van der Waals surface area contributed by atoms with Gasteiger partial charge in [0.2, 0.25) is 5.91 Å². The Bertz CT molecular complexity index is 1060. The van der Waals surface area contributed by atoms with Gasteiger partial charge in [-0.1, -0.05) is 24.8 Å². The third kappa shape index (κ3) is 5.76. The monoisotopic (exact) mass is 409 g/mol. The van der Waals surface area contributed by atoms with E-state index >= 15 is 0 Å². The van der Waals surface area contributed by atoms with Gasteiger partial charge in [-0.25, -0.2) is 5.43 Å². The number of H-pyrrole nitrogens is 1. The number of hydrogen-bond donors (Lipinski definition) is 3. The number of carbonyl (C=O) groups is 1. The topological polar surface area (TPSA) is 144 Å². The Morgan fingerprint density at radius 3 is 2.67 bits per heavy atom. The van der Waals surface area contributed by atoms with Crippen molar-refractivity contribution in [2.75, 3.05) is 6.54 Å². The van der Waals surface area contributed by atoms with Gasteiger partial charge in [0, 0.05) is 53.5 Å². The molecule has 156 valence electrons. The Hall–Kier alpha value is -3.98. The summed E-state index contributed by atoms with van der Waals surface area (Å²) >= 11 is 0. The number of aromatic nitrogens is 1. The van der Waals surface area contributed by atoms with Crippen LogP contribution in [0.15, 0.2) is 66.4 Å². The summed E-state index contributed by atoms with van der Waals surface area (Å²) < 4.78 is 0. The third-order valence-electron chi connectivity index (χ3n) is 4.36. The number of nitro groups is 1. The molecule has 0 fully saturated rings. The Balaban J connectivity index is 0.00000320. The molecule has 0 aliphatic carbocycles. The maximum atomic E-state index is 11.9. The van der Waals surface area contributed by atoms with Gasteiger partial charge in [0.05, 0.1) is 11.1 Å². The number of hydrogen-bond acceptors (Lipinski definition) is 5. The highest BCUT2D eigenvalue weighted by Crippen LogP contribution is 2.16. The fraction of sp³-hybridized carbons (Fsp3) is 0.143. The number of nitrogens with one attached hydrogen (secondary N) is 3. The van der Waals surface area contributed by atoms with Crippen LogP contribution < -0.4 is 10.7 Å². The molecule has 9 nitrogen and oxygen atoms in total. The number of amides is 1. The minimum atomic E-state index is -0.445. The van der Waals surface area contributed by atoms with E-state index < -0.39 is 4.92 Å². The van der Waals surface area contributed by atoms with Crippen molar-refractivity contribution in [1.29, 1.82) is 0 Å². The van der Waals surface area contributed by atoms with Gasteiger partial charge in [0.15, 0.2) is 0 Å². The van der Waals surface area contributed by atoms with Crippen molar-refractivity contribution in [2.24, 2.45) is 5.10 Å². The second-order valence-corrected chi connectivity index (χ2v) is 6.40. The molecule has 0 radical (unpaired) electrons. The molecule has 1 amide bonds. The maximum Gasteiger partial charge on any atom is 0.269 e. The standard InChI is InChI=1S/C21H21N5O3.H2O/c1-15(16-8-10-18(11-9-16)26(28)29)22-12-4-7-21(27)25-24-14-17-13-23-20-6-3-2-5-19(17)20;/h2-3,5-6,8-11,13-14,22-23H,1,4,7,12H2,(H,25,27);1H2/b24-14-;. The number of para-hydroxylation sites is 1. The van der Waals surface area contributed by atoms with E-state index in [-0.39, 0.29) is 17.1 Å². The van der Waals surface area contributed by atoms with Crippen LogP contribution in [-0.2, 0) is 4.79 Å². The zero-order valence-corrected chi connectivity index (χ0v) is 16.2. The lowest BCUT2D eigenvalue weighted by Gasteiger charge is -2.09. The first-order valence-electron chi connectivity index (χ1n) is 9.10. The molecule has 0 aliphatic rings. The van der Waals surface area contributed by atoms with Gasteiger partial charge in [0.25, 0.3) is 5.69 Å². The van der Waals surface area contributed by atoms with Crippen LogP contribution in [0.2, 0.25) is 0 Å². The van der Waals surface area contributed by atoms with Gasteiger partial charge in [0.1, 0.15) is 0 Å². The van der Waals surface area contributed by atoms with E-state index in [2.05, 4.69) is 27.4 Å². The summed E-state index contributed by atoms with van der Waals surface area (Å²) in [5, 5.41) is 18.8. The van der Waals surface area contributed by atoms with E-state index in [1.807, 2.05) is 30.5 Å². The van der Waals surface area contributed by atoms with Gasteiger partial charge in [-0.2, -0.15) is 5.10 Å². The van der Waals surface area contributed by atoms with Crippen LogP contribution in [0.5, 0.6) is 0 Å². The number of benzene rings is 2. The van der Waals surface area contributed by atoms with Crippen molar-refractivity contribution in [3.05, 3.63) is 82.5 Å². The number of fused-ring (bicyclic) bond motifs is 1. The summed E-state index contributed by atoms with van der Waals surface area (Å²) in [6.07, 6.45) is 4.37. The fourth-order valence-electron chi connectivity index (χ4n) is 2.81. The molecule has 0 unspecified atom stereocenters. The van der Waals surface area contributed by atoms with Crippen molar-refractivity contribution in [3.63, 3.8) is 0 Å². The molecular formula is C21H23N5O4. The summed E-state index contributed by atoms with van der Waals surface area (Å²) in [7, 11) is 0. The van der Waals surface area contributed by atoms with E-state index in [1.54, 1.807) is 18.3 Å². The van der Waals surface area contributed by atoms with Crippen LogP contribution in [0.3, 0.4) is 0 Å². The Labute approximate surface area is 173 Å². The lowest BCUT2D eigenvalue weighted by atomic mass is 10.1. The Morgan fingerprint density at radius 1 is 1.20 bits per heavy atom. The SMILES string of the molecule is C=C(NCCCC(=O)N/N=C\c1c[nH]c2ccccc12)c1ccc([N+](=O)[O-])cc1.O. The number of nitro benzene ring substituents is 1. The lowest BCUT2D eigenvalue weighted by Crippen LogP contribution is -2.20. The number of aromatic amines is 1. The summed E-state index contributed by atoms with van der Waals surface area (Å²) in [4.78, 5) is 25.3. The minimum absolute atomic E-state index is 0. The summed E-state index contributed by atoms with van der Waals surface area (Å²) in [6, 6.07) is 14.0. The number of nitrogens with zero attached hydrogens (tertiary/aromatic N) is 2. The highest BCUT2D eigenvalue weighted by Gasteiger charge is 2.06. The summed E-state index contributed by atoms with van der Waals surface area (Å²) in [6.45, 7) is 4.46. The van der Waals surface area contributed by atoms with Gasteiger partial charge < -0.3 is 15.8 Å². The number of hydrazone groups is 1. The zero-order valence-electron chi connectivity index (χ0n) is 16.2. The first-order valence-corrected chi connectivity index (χ1v) is 9.10. The molecule has 3 rings (SSSR count). The Kier molecular flexibility index (Phi) is 7.83. The summed E-state index contributed by atoms with van der Waals surface area (Å²) in [5.74, 6) is -0.177. The number of rotatable bonds is 9. The molecule has 0 spiro atoms. The Morgan fingerprint density at radius 2 is 1.93 bits per heavy atom. The maximum absolute atomic E-state index is 11.9. The van der Waals surface area contributed by atoms with Crippen molar-refractivity contribution >= 4 is 34.4 Å². The average Bonchev–Trinajstić information content (AvgIpc) is 3.14. The molecular weight excluding hydrogens is 386 g/mol. The third-order valence-corrected chi connectivity index (χ3v) is 4.36. The number of carbonyl (C=O) groups excluding carboxylic acids is 1. The fourth-order valence-corrected chi connectivity index (χ4v) is 2.81. The predicted octanol–water partition coefficient (Wildman–Crippen LogP) is 2.74. The predicted molar refractivity (Wildman–Crippen MR) is 117 cm³/mol. The van der Waals surface area contributed by atoms with Gasteiger partial charge in [-0.3, -0.25) is 14.9 Å². The molecule has 1 aromatic heterocycles. The molecule has 0 bridgehead atoms. The molecule has 1 heterocycles. The van der Waals surface area contributed by atoms with E-state index in [9.17, 15) is 14.9 Å². The van der Waals surface area contributed by atoms with Crippen LogP contribution in [0.25, 0.3) is 16.6 Å². The van der Waals surface area contributed by atoms with Crippen LogP contribution in [0, 0.1) is 10.1 Å². The summed E-state index contributed by atoms with van der Waals surface area (Å²) in [5.41, 5.74) is 5.89. The molecule has 0 saturated carbocycles. The van der Waals surface area contributed by atoms with Crippen LogP contribution in [0.1, 0.15) is 24.0 Å². The van der Waals surface area contributed by atoms with Gasteiger partial charge in [-0.15, -0.1) is 0 Å². The average molecular weight is 409 g/mol. The van der Waals surface area contributed by atoms with E-state index in [1.165, 1.54) is 12.1 Å². The first kappa shape index (κ1) is 22.3. The lowest BCUT2D eigenvalue weighted by molar-refractivity contribution is -0.384. The van der Waals surface area contributed by atoms with E-state index in [0.29, 0.717) is 25.1 Å². The molecule has 0 atom stereocenters. The molecule has 9 heteroatoms. The molecule has 5 N–H and O–H groups in total.